The molecule has 5 nitrogen and oxygen atoms in total. The van der Waals surface area contributed by atoms with E-state index in [4.69, 9.17) is 18.0 Å². The van der Waals surface area contributed by atoms with Crippen molar-refractivity contribution in [1.82, 2.24) is 10.3 Å². The van der Waals surface area contributed by atoms with Crippen LogP contribution in [0, 0.1) is 0 Å². The van der Waals surface area contributed by atoms with Gasteiger partial charge in [0.2, 0.25) is 5.56 Å². The van der Waals surface area contributed by atoms with Crippen LogP contribution in [0.3, 0.4) is 0 Å². The van der Waals surface area contributed by atoms with Crippen molar-refractivity contribution in [3.8, 4) is 0 Å². The Bertz CT molecular complexity index is 442. The summed E-state index contributed by atoms with van der Waals surface area (Å²) in [5, 5.41) is 2.66. The van der Waals surface area contributed by atoms with E-state index in [-0.39, 0.29) is 17.2 Å². The quantitative estimate of drug-likeness (QED) is 0.505. The number of H-pyrrole nitrogens is 1. The number of rotatable bonds is 5. The third-order valence-electron chi connectivity index (χ3n) is 1.90. The molecule has 0 aliphatic rings. The second kappa shape index (κ2) is 6.02. The SMILES string of the molecule is NC(=S)CCCNC(=O)c1cccc(=O)[nH]1. The summed E-state index contributed by atoms with van der Waals surface area (Å²) in [6.45, 7) is 0.479. The third-order valence-corrected chi connectivity index (χ3v) is 2.10. The minimum Gasteiger partial charge on any atom is -0.393 e. The average molecular weight is 239 g/mol. The number of carbonyl (C=O) groups excluding carboxylic acids is 1. The molecule has 0 spiro atoms. The van der Waals surface area contributed by atoms with Crippen LogP contribution in [0.4, 0.5) is 0 Å². The molecule has 0 aromatic carbocycles. The van der Waals surface area contributed by atoms with Gasteiger partial charge < -0.3 is 16.0 Å². The summed E-state index contributed by atoms with van der Waals surface area (Å²) in [4.78, 5) is 25.3. The van der Waals surface area contributed by atoms with E-state index in [1.165, 1.54) is 12.1 Å². The maximum atomic E-state index is 11.5. The Morgan fingerprint density at radius 3 is 2.88 bits per heavy atom. The molecule has 1 heterocycles. The van der Waals surface area contributed by atoms with Gasteiger partial charge in [0.05, 0.1) is 4.99 Å². The van der Waals surface area contributed by atoms with E-state index in [0.717, 1.165) is 0 Å². The summed E-state index contributed by atoms with van der Waals surface area (Å²) in [6, 6.07) is 4.43. The van der Waals surface area contributed by atoms with Gasteiger partial charge in [0.1, 0.15) is 5.69 Å². The summed E-state index contributed by atoms with van der Waals surface area (Å²) in [5.41, 5.74) is 5.27. The van der Waals surface area contributed by atoms with E-state index in [0.29, 0.717) is 24.4 Å². The van der Waals surface area contributed by atoms with E-state index < -0.39 is 0 Å². The van der Waals surface area contributed by atoms with Crippen molar-refractivity contribution < 1.29 is 4.79 Å². The van der Waals surface area contributed by atoms with Gasteiger partial charge in [0.15, 0.2) is 0 Å². The summed E-state index contributed by atoms with van der Waals surface area (Å²) in [6.07, 6.45) is 1.29. The predicted octanol–water partition coefficient (Wildman–Crippen LogP) is 0.171. The number of pyridine rings is 1. The van der Waals surface area contributed by atoms with Crippen LogP contribution in [-0.4, -0.2) is 22.4 Å². The van der Waals surface area contributed by atoms with Crippen molar-refractivity contribution in [3.63, 3.8) is 0 Å². The van der Waals surface area contributed by atoms with Crippen LogP contribution in [0.25, 0.3) is 0 Å². The maximum Gasteiger partial charge on any atom is 0.267 e. The van der Waals surface area contributed by atoms with Gasteiger partial charge in [0.25, 0.3) is 5.91 Å². The van der Waals surface area contributed by atoms with Gasteiger partial charge in [-0.3, -0.25) is 9.59 Å². The van der Waals surface area contributed by atoms with Gasteiger partial charge in [-0.15, -0.1) is 0 Å². The van der Waals surface area contributed by atoms with Gasteiger partial charge >= 0.3 is 0 Å². The molecule has 0 atom stereocenters. The topological polar surface area (TPSA) is 88.0 Å². The maximum absolute atomic E-state index is 11.5. The molecule has 0 aliphatic heterocycles. The zero-order valence-corrected chi connectivity index (χ0v) is 9.47. The predicted molar refractivity (Wildman–Crippen MR) is 65.4 cm³/mol. The summed E-state index contributed by atoms with van der Waals surface area (Å²) in [7, 11) is 0. The summed E-state index contributed by atoms with van der Waals surface area (Å²) in [5.74, 6) is -0.305. The molecule has 4 N–H and O–H groups in total. The van der Waals surface area contributed by atoms with Crippen molar-refractivity contribution in [2.24, 2.45) is 5.73 Å². The minimum absolute atomic E-state index is 0.253. The Hall–Kier alpha value is -1.69. The molecule has 1 rings (SSSR count). The Morgan fingerprint density at radius 1 is 1.50 bits per heavy atom. The van der Waals surface area contributed by atoms with Crippen LogP contribution in [0.2, 0.25) is 0 Å². The molecule has 1 amide bonds. The summed E-state index contributed by atoms with van der Waals surface area (Å²) < 4.78 is 0. The van der Waals surface area contributed by atoms with Crippen molar-refractivity contribution in [2.75, 3.05) is 6.54 Å². The van der Waals surface area contributed by atoms with Gasteiger partial charge in [-0.2, -0.15) is 0 Å². The Balaban J connectivity index is 2.41. The molecule has 0 radical (unpaired) electrons. The molecule has 0 saturated heterocycles. The highest BCUT2D eigenvalue weighted by Crippen LogP contribution is 1.91. The molecule has 0 saturated carbocycles. The highest BCUT2D eigenvalue weighted by atomic mass is 32.1. The lowest BCUT2D eigenvalue weighted by atomic mass is 10.3. The molecular weight excluding hydrogens is 226 g/mol. The number of nitrogens with one attached hydrogen (secondary N) is 2. The lowest BCUT2D eigenvalue weighted by Gasteiger charge is -2.04. The van der Waals surface area contributed by atoms with E-state index in [1.807, 2.05) is 0 Å². The molecule has 1 aromatic rings. The number of hydrogen-bond acceptors (Lipinski definition) is 3. The van der Waals surface area contributed by atoms with Crippen LogP contribution in [0.15, 0.2) is 23.0 Å². The molecule has 1 aromatic heterocycles. The summed E-state index contributed by atoms with van der Waals surface area (Å²) >= 11 is 4.70. The number of thiocarbonyl (C=S) groups is 1. The lowest BCUT2D eigenvalue weighted by molar-refractivity contribution is 0.0948. The number of hydrogen-bond donors (Lipinski definition) is 3. The molecule has 16 heavy (non-hydrogen) atoms. The van der Waals surface area contributed by atoms with Gasteiger partial charge in [0, 0.05) is 12.6 Å². The normalized spacial score (nSPS) is 9.75. The minimum atomic E-state index is -0.305. The Kier molecular flexibility index (Phi) is 4.65. The van der Waals surface area contributed by atoms with E-state index in [9.17, 15) is 9.59 Å². The van der Waals surface area contributed by atoms with Crippen molar-refractivity contribution in [3.05, 3.63) is 34.2 Å². The first-order valence-corrected chi connectivity index (χ1v) is 5.26. The van der Waals surface area contributed by atoms with Gasteiger partial charge in [-0.1, -0.05) is 18.3 Å². The van der Waals surface area contributed by atoms with Crippen molar-refractivity contribution >= 4 is 23.1 Å². The number of aromatic nitrogens is 1. The monoisotopic (exact) mass is 239 g/mol. The van der Waals surface area contributed by atoms with Crippen LogP contribution in [0.5, 0.6) is 0 Å². The van der Waals surface area contributed by atoms with E-state index >= 15 is 0 Å². The number of nitrogens with two attached hydrogens (primary N) is 1. The number of amides is 1. The van der Waals surface area contributed by atoms with Crippen LogP contribution in [0.1, 0.15) is 23.3 Å². The first-order valence-electron chi connectivity index (χ1n) is 4.85. The van der Waals surface area contributed by atoms with Crippen LogP contribution in [-0.2, 0) is 0 Å². The van der Waals surface area contributed by atoms with Gasteiger partial charge in [-0.25, -0.2) is 0 Å². The van der Waals surface area contributed by atoms with E-state index in [2.05, 4.69) is 10.3 Å². The third kappa shape index (κ3) is 4.22. The fourth-order valence-electron chi connectivity index (χ4n) is 1.14. The fraction of sp³-hybridized carbons (Fsp3) is 0.300. The highest BCUT2D eigenvalue weighted by molar-refractivity contribution is 7.80. The fourth-order valence-corrected chi connectivity index (χ4v) is 1.28. The second-order valence-corrected chi connectivity index (χ2v) is 3.78. The van der Waals surface area contributed by atoms with Gasteiger partial charge in [-0.05, 0) is 18.9 Å². The lowest BCUT2D eigenvalue weighted by Crippen LogP contribution is -2.27. The smallest absolute Gasteiger partial charge is 0.267 e. The molecule has 0 unspecified atom stereocenters. The van der Waals surface area contributed by atoms with Crippen molar-refractivity contribution in [1.29, 1.82) is 0 Å². The van der Waals surface area contributed by atoms with Crippen LogP contribution >= 0.6 is 12.2 Å². The zero-order chi connectivity index (χ0) is 12.0. The number of aromatic amines is 1. The number of carbonyl (C=O) groups is 1. The van der Waals surface area contributed by atoms with Crippen LogP contribution < -0.4 is 16.6 Å². The molecule has 0 bridgehead atoms. The van der Waals surface area contributed by atoms with E-state index in [1.54, 1.807) is 6.07 Å². The molecule has 0 aliphatic carbocycles. The van der Waals surface area contributed by atoms with Crippen molar-refractivity contribution in [2.45, 2.75) is 12.8 Å². The largest absolute Gasteiger partial charge is 0.393 e. The molecule has 86 valence electrons. The standard InChI is InChI=1S/C10H13N3O2S/c11-8(16)4-2-6-12-10(15)7-3-1-5-9(14)13-7/h1,3,5H,2,4,6H2,(H2,11,16)(H,12,15)(H,13,14). The zero-order valence-electron chi connectivity index (χ0n) is 8.66. The highest BCUT2D eigenvalue weighted by Gasteiger charge is 2.04. The molecular formula is C10H13N3O2S. The molecule has 0 fully saturated rings. The molecule has 6 heteroatoms. The Morgan fingerprint density at radius 2 is 2.25 bits per heavy atom. The first kappa shape index (κ1) is 12.4. The first-order chi connectivity index (χ1) is 7.59. The second-order valence-electron chi connectivity index (χ2n) is 3.25. The Labute approximate surface area is 98.0 Å². The average Bonchev–Trinajstić information content (AvgIpc) is 2.24.